The lowest BCUT2D eigenvalue weighted by Gasteiger charge is -2.54. The van der Waals surface area contributed by atoms with Crippen molar-refractivity contribution in [2.24, 2.45) is 5.41 Å². The van der Waals surface area contributed by atoms with Crippen LogP contribution in [0.3, 0.4) is 0 Å². The van der Waals surface area contributed by atoms with Crippen molar-refractivity contribution in [3.8, 4) is 11.5 Å². The number of benzene rings is 1. The average Bonchev–Trinajstić information content (AvgIpc) is 2.81. The van der Waals surface area contributed by atoms with Crippen molar-refractivity contribution in [2.75, 3.05) is 6.61 Å². The third-order valence-electron chi connectivity index (χ3n) is 5.41. The topological polar surface area (TPSA) is 59.6 Å². The molecule has 1 spiro atoms. The summed E-state index contributed by atoms with van der Waals surface area (Å²) in [5.74, 6) is 0.131. The molecule has 2 amide bonds. The molecule has 136 valence electrons. The van der Waals surface area contributed by atoms with Crippen molar-refractivity contribution < 1.29 is 27.4 Å². The van der Waals surface area contributed by atoms with Crippen molar-refractivity contribution in [3.63, 3.8) is 0 Å². The van der Waals surface area contributed by atoms with Crippen LogP contribution >= 0.6 is 0 Å². The van der Waals surface area contributed by atoms with Crippen molar-refractivity contribution in [3.05, 3.63) is 23.8 Å². The molecule has 2 fully saturated rings. The zero-order valence-electron chi connectivity index (χ0n) is 13.5. The second-order valence-corrected chi connectivity index (χ2v) is 7.19. The van der Waals surface area contributed by atoms with Gasteiger partial charge in [-0.25, -0.2) is 4.79 Å². The Morgan fingerprint density at radius 1 is 1.24 bits per heavy atom. The summed E-state index contributed by atoms with van der Waals surface area (Å²) in [7, 11) is 0. The third-order valence-corrected chi connectivity index (χ3v) is 5.41. The summed E-state index contributed by atoms with van der Waals surface area (Å²) < 4.78 is 46.4. The largest absolute Gasteiger partial charge is 0.573 e. The normalized spacial score (nSPS) is 23.9. The highest BCUT2D eigenvalue weighted by atomic mass is 19.4. The first-order valence-electron chi connectivity index (χ1n) is 8.42. The van der Waals surface area contributed by atoms with Crippen LogP contribution in [0.15, 0.2) is 18.2 Å². The Morgan fingerprint density at radius 2 is 2.00 bits per heavy atom. The van der Waals surface area contributed by atoms with E-state index in [2.05, 4.69) is 15.4 Å². The van der Waals surface area contributed by atoms with Crippen LogP contribution in [0.25, 0.3) is 0 Å². The maximum Gasteiger partial charge on any atom is 0.573 e. The number of hydrogen-bond acceptors (Lipinski definition) is 3. The molecule has 0 bridgehead atoms. The molecular weight excluding hydrogens is 337 g/mol. The number of rotatable bonds is 3. The monoisotopic (exact) mass is 356 g/mol. The van der Waals surface area contributed by atoms with Gasteiger partial charge in [-0.05, 0) is 49.3 Å². The van der Waals surface area contributed by atoms with E-state index in [-0.39, 0.29) is 24.4 Å². The smallest absolute Gasteiger partial charge is 0.491 e. The number of fused-ring (bicyclic) bond motifs is 1. The van der Waals surface area contributed by atoms with E-state index < -0.39 is 12.4 Å². The van der Waals surface area contributed by atoms with Crippen LogP contribution in [-0.2, 0) is 0 Å². The van der Waals surface area contributed by atoms with Gasteiger partial charge >= 0.3 is 12.4 Å². The standard InChI is InChI=1S/C17H19F3N2O3/c18-17(19,20)25-11-2-3-14-12(6-11)13(9-24-14)22-15(23)21-10-7-16(8-10)4-1-5-16/h2-3,6,10,13H,1,4-5,7-9H2,(H2,21,22,23). The Balaban J connectivity index is 1.35. The zero-order valence-corrected chi connectivity index (χ0v) is 13.5. The van der Waals surface area contributed by atoms with Gasteiger partial charge in [0, 0.05) is 11.6 Å². The maximum atomic E-state index is 12.4. The molecule has 2 N–H and O–H groups in total. The molecule has 25 heavy (non-hydrogen) atoms. The first-order chi connectivity index (χ1) is 11.8. The molecule has 0 aromatic heterocycles. The van der Waals surface area contributed by atoms with Gasteiger partial charge in [-0.15, -0.1) is 13.2 Å². The second kappa shape index (κ2) is 5.71. The third kappa shape index (κ3) is 3.34. The number of nitrogens with one attached hydrogen (secondary N) is 2. The van der Waals surface area contributed by atoms with Crippen LogP contribution in [0.4, 0.5) is 18.0 Å². The number of carbonyl (C=O) groups excluding carboxylic acids is 1. The molecule has 1 aromatic carbocycles. The van der Waals surface area contributed by atoms with Gasteiger partial charge in [0.25, 0.3) is 0 Å². The molecule has 5 nitrogen and oxygen atoms in total. The number of alkyl halides is 3. The number of hydrogen-bond donors (Lipinski definition) is 2. The zero-order chi connectivity index (χ0) is 17.7. The molecule has 1 heterocycles. The van der Waals surface area contributed by atoms with Gasteiger partial charge in [0.15, 0.2) is 0 Å². The van der Waals surface area contributed by atoms with Gasteiger partial charge in [-0.3, -0.25) is 0 Å². The Kier molecular flexibility index (Phi) is 3.73. The van der Waals surface area contributed by atoms with Gasteiger partial charge in [0.05, 0.1) is 6.04 Å². The number of amides is 2. The number of halogens is 3. The van der Waals surface area contributed by atoms with E-state index in [1.165, 1.54) is 37.5 Å². The lowest BCUT2D eigenvalue weighted by atomic mass is 9.54. The number of carbonyl (C=O) groups is 1. The summed E-state index contributed by atoms with van der Waals surface area (Å²) in [6.07, 6.45) is 1.05. The second-order valence-electron chi connectivity index (χ2n) is 7.19. The van der Waals surface area contributed by atoms with Gasteiger partial charge in [-0.1, -0.05) is 6.42 Å². The average molecular weight is 356 g/mol. The van der Waals surface area contributed by atoms with Gasteiger partial charge in [-0.2, -0.15) is 0 Å². The molecule has 0 saturated heterocycles. The highest BCUT2D eigenvalue weighted by Crippen LogP contribution is 2.55. The lowest BCUT2D eigenvalue weighted by molar-refractivity contribution is -0.274. The summed E-state index contributed by atoms with van der Waals surface area (Å²) in [5.41, 5.74) is 0.950. The molecule has 2 aliphatic carbocycles. The molecule has 3 aliphatic rings. The minimum atomic E-state index is -4.75. The minimum Gasteiger partial charge on any atom is -0.491 e. The summed E-state index contributed by atoms with van der Waals surface area (Å²) in [5, 5.41) is 5.71. The van der Waals surface area contributed by atoms with Crippen LogP contribution < -0.4 is 20.1 Å². The van der Waals surface area contributed by atoms with Crippen LogP contribution in [0.5, 0.6) is 11.5 Å². The molecule has 1 aliphatic heterocycles. The molecule has 1 aromatic rings. The predicted molar refractivity (Wildman–Crippen MR) is 82.3 cm³/mol. The van der Waals surface area contributed by atoms with Crippen LogP contribution in [0.2, 0.25) is 0 Å². The molecule has 1 atom stereocenters. The molecule has 8 heteroatoms. The van der Waals surface area contributed by atoms with E-state index in [4.69, 9.17) is 4.74 Å². The summed E-state index contributed by atoms with van der Waals surface area (Å²) >= 11 is 0. The fourth-order valence-electron chi connectivity index (χ4n) is 4.07. The van der Waals surface area contributed by atoms with E-state index in [9.17, 15) is 18.0 Å². The van der Waals surface area contributed by atoms with Crippen molar-refractivity contribution in [2.45, 2.75) is 50.6 Å². The molecule has 1 unspecified atom stereocenters. The van der Waals surface area contributed by atoms with Crippen molar-refractivity contribution >= 4 is 6.03 Å². The minimum absolute atomic E-state index is 0.182. The van der Waals surface area contributed by atoms with Gasteiger partial charge in [0.2, 0.25) is 0 Å². The predicted octanol–water partition coefficient (Wildman–Crippen LogP) is 3.65. The quantitative estimate of drug-likeness (QED) is 0.869. The fourth-order valence-corrected chi connectivity index (χ4v) is 4.07. The number of urea groups is 1. The molecular formula is C17H19F3N2O3. The Bertz CT molecular complexity index is 680. The summed E-state index contributed by atoms with van der Waals surface area (Å²) in [6, 6.07) is 3.24. The van der Waals surface area contributed by atoms with Crippen molar-refractivity contribution in [1.82, 2.24) is 10.6 Å². The SMILES string of the molecule is O=C(NC1CC2(CCC2)C1)NC1COc2ccc(OC(F)(F)F)cc21. The summed E-state index contributed by atoms with van der Waals surface area (Å²) in [6.45, 7) is 0.187. The highest BCUT2D eigenvalue weighted by Gasteiger charge is 2.48. The highest BCUT2D eigenvalue weighted by molar-refractivity contribution is 5.75. The Labute approximate surface area is 142 Å². The molecule has 4 rings (SSSR count). The van der Waals surface area contributed by atoms with Crippen molar-refractivity contribution in [1.29, 1.82) is 0 Å². The van der Waals surface area contributed by atoms with Gasteiger partial charge in [0.1, 0.15) is 18.1 Å². The van der Waals surface area contributed by atoms with E-state index in [1.54, 1.807) is 0 Å². The van der Waals surface area contributed by atoms with E-state index in [0.29, 0.717) is 16.7 Å². The van der Waals surface area contributed by atoms with E-state index in [1.807, 2.05) is 0 Å². The first kappa shape index (κ1) is 16.4. The van der Waals surface area contributed by atoms with Gasteiger partial charge < -0.3 is 20.1 Å². The van der Waals surface area contributed by atoms with E-state index >= 15 is 0 Å². The molecule has 0 radical (unpaired) electrons. The maximum absolute atomic E-state index is 12.4. The Morgan fingerprint density at radius 3 is 2.64 bits per heavy atom. The summed E-state index contributed by atoms with van der Waals surface area (Å²) in [4.78, 5) is 12.2. The lowest BCUT2D eigenvalue weighted by Crippen LogP contribution is -2.55. The van der Waals surface area contributed by atoms with Crippen LogP contribution in [0.1, 0.15) is 43.7 Å². The fraction of sp³-hybridized carbons (Fsp3) is 0.588. The van der Waals surface area contributed by atoms with E-state index in [0.717, 1.165) is 12.8 Å². The van der Waals surface area contributed by atoms with Crippen LogP contribution in [0, 0.1) is 5.41 Å². The van der Waals surface area contributed by atoms with Crippen LogP contribution in [-0.4, -0.2) is 25.0 Å². The molecule has 2 saturated carbocycles. The number of ether oxygens (including phenoxy) is 2. The Hall–Kier alpha value is -2.12. The first-order valence-corrected chi connectivity index (χ1v) is 8.42.